The maximum absolute atomic E-state index is 9.36. The van der Waals surface area contributed by atoms with E-state index >= 15 is 0 Å². The molecule has 0 spiro atoms. The van der Waals surface area contributed by atoms with Gasteiger partial charge in [-0.05, 0) is 6.92 Å². The topological polar surface area (TPSA) is 95.9 Å². The SMILES string of the molecule is CC1OC(CO)C(O)C(N)[C@@H]1O. The molecular weight excluding hydrogens is 162 g/mol. The van der Waals surface area contributed by atoms with Crippen molar-refractivity contribution in [3.8, 4) is 0 Å². The third-order valence-electron chi connectivity index (χ3n) is 2.22. The third-order valence-corrected chi connectivity index (χ3v) is 2.22. The zero-order chi connectivity index (χ0) is 9.30. The molecule has 1 aliphatic heterocycles. The number of hydrogen-bond donors (Lipinski definition) is 4. The van der Waals surface area contributed by atoms with Crippen LogP contribution in [0.4, 0.5) is 0 Å². The fourth-order valence-corrected chi connectivity index (χ4v) is 1.35. The van der Waals surface area contributed by atoms with Crippen LogP contribution < -0.4 is 5.73 Å². The summed E-state index contributed by atoms with van der Waals surface area (Å²) in [6.45, 7) is 1.37. The summed E-state index contributed by atoms with van der Waals surface area (Å²) in [6.07, 6.45) is -3.00. The molecule has 1 fully saturated rings. The number of nitrogens with two attached hydrogens (primary N) is 1. The maximum atomic E-state index is 9.36. The van der Waals surface area contributed by atoms with Crippen molar-refractivity contribution >= 4 is 0 Å². The highest BCUT2D eigenvalue weighted by Crippen LogP contribution is 2.18. The van der Waals surface area contributed by atoms with Crippen molar-refractivity contribution in [3.05, 3.63) is 0 Å². The van der Waals surface area contributed by atoms with Crippen molar-refractivity contribution in [1.29, 1.82) is 0 Å². The highest BCUT2D eigenvalue weighted by Gasteiger charge is 2.39. The first kappa shape index (κ1) is 9.88. The lowest BCUT2D eigenvalue weighted by Gasteiger charge is -2.39. The van der Waals surface area contributed by atoms with Gasteiger partial charge in [0.2, 0.25) is 0 Å². The Morgan fingerprint density at radius 3 is 2.42 bits per heavy atom. The lowest BCUT2D eigenvalue weighted by Crippen LogP contribution is -2.61. The summed E-state index contributed by atoms with van der Waals surface area (Å²) in [5, 5.41) is 27.5. The van der Waals surface area contributed by atoms with Gasteiger partial charge in [0.1, 0.15) is 12.2 Å². The Morgan fingerprint density at radius 2 is 1.92 bits per heavy atom. The first-order valence-electron chi connectivity index (χ1n) is 3.96. The van der Waals surface area contributed by atoms with E-state index in [1.807, 2.05) is 0 Å². The van der Waals surface area contributed by atoms with Crippen LogP contribution in [0.2, 0.25) is 0 Å². The summed E-state index contributed by atoms with van der Waals surface area (Å²) in [5.74, 6) is 0. The molecule has 0 bridgehead atoms. The molecule has 0 aromatic heterocycles. The van der Waals surface area contributed by atoms with Gasteiger partial charge < -0.3 is 25.8 Å². The minimum Gasteiger partial charge on any atom is -0.394 e. The minimum absolute atomic E-state index is 0.286. The van der Waals surface area contributed by atoms with Gasteiger partial charge >= 0.3 is 0 Å². The molecule has 0 amide bonds. The molecule has 5 heteroatoms. The van der Waals surface area contributed by atoms with Gasteiger partial charge in [-0.2, -0.15) is 0 Å². The summed E-state index contributed by atoms with van der Waals surface area (Å²) in [5.41, 5.74) is 5.49. The van der Waals surface area contributed by atoms with Gasteiger partial charge in [0.05, 0.1) is 24.9 Å². The summed E-state index contributed by atoms with van der Waals surface area (Å²) < 4.78 is 5.10. The van der Waals surface area contributed by atoms with Crippen molar-refractivity contribution in [2.75, 3.05) is 6.61 Å². The average molecular weight is 177 g/mol. The van der Waals surface area contributed by atoms with Crippen molar-refractivity contribution in [2.45, 2.75) is 37.4 Å². The van der Waals surface area contributed by atoms with E-state index in [9.17, 15) is 10.2 Å². The molecule has 12 heavy (non-hydrogen) atoms. The van der Waals surface area contributed by atoms with Crippen LogP contribution in [-0.2, 0) is 4.74 Å². The van der Waals surface area contributed by atoms with E-state index in [1.165, 1.54) is 0 Å². The smallest absolute Gasteiger partial charge is 0.108 e. The Balaban J connectivity index is 2.63. The lowest BCUT2D eigenvalue weighted by atomic mass is 9.94. The fourth-order valence-electron chi connectivity index (χ4n) is 1.35. The van der Waals surface area contributed by atoms with Gasteiger partial charge in [-0.15, -0.1) is 0 Å². The second-order valence-electron chi connectivity index (χ2n) is 3.12. The van der Waals surface area contributed by atoms with E-state index in [0.717, 1.165) is 0 Å². The number of aliphatic hydroxyl groups is 3. The van der Waals surface area contributed by atoms with Crippen LogP contribution in [-0.4, -0.2) is 52.4 Å². The Kier molecular flexibility index (Phi) is 3.03. The van der Waals surface area contributed by atoms with Crippen LogP contribution >= 0.6 is 0 Å². The molecule has 5 N–H and O–H groups in total. The van der Waals surface area contributed by atoms with Gasteiger partial charge in [0.15, 0.2) is 0 Å². The van der Waals surface area contributed by atoms with Crippen molar-refractivity contribution in [1.82, 2.24) is 0 Å². The van der Waals surface area contributed by atoms with Gasteiger partial charge in [-0.1, -0.05) is 0 Å². The van der Waals surface area contributed by atoms with Crippen LogP contribution in [0.5, 0.6) is 0 Å². The molecule has 5 nitrogen and oxygen atoms in total. The molecule has 0 aliphatic carbocycles. The molecule has 0 saturated carbocycles. The van der Waals surface area contributed by atoms with Crippen LogP contribution in [0.25, 0.3) is 0 Å². The number of aliphatic hydroxyl groups excluding tert-OH is 3. The normalized spacial score (nSPS) is 49.2. The molecule has 0 radical (unpaired) electrons. The van der Waals surface area contributed by atoms with E-state index in [0.29, 0.717) is 0 Å². The second-order valence-corrected chi connectivity index (χ2v) is 3.12. The standard InChI is InChI=1S/C7H15NO4/c1-3-6(10)5(8)7(11)4(2-9)12-3/h3-7,9-11H,2,8H2,1H3/t3?,4?,5?,6-,7?/m1/s1. The number of ether oxygens (including phenoxy) is 1. The van der Waals surface area contributed by atoms with E-state index < -0.39 is 30.5 Å². The molecule has 0 aromatic rings. The highest BCUT2D eigenvalue weighted by atomic mass is 16.5. The number of rotatable bonds is 1. The van der Waals surface area contributed by atoms with Gasteiger partial charge in [0.25, 0.3) is 0 Å². The summed E-state index contributed by atoms with van der Waals surface area (Å²) >= 11 is 0. The molecule has 1 heterocycles. The zero-order valence-corrected chi connectivity index (χ0v) is 6.92. The van der Waals surface area contributed by atoms with Crippen molar-refractivity contribution in [2.24, 2.45) is 5.73 Å². The maximum Gasteiger partial charge on any atom is 0.108 e. The molecule has 4 unspecified atom stereocenters. The van der Waals surface area contributed by atoms with Crippen molar-refractivity contribution < 1.29 is 20.1 Å². The van der Waals surface area contributed by atoms with E-state index in [2.05, 4.69) is 0 Å². The Hall–Kier alpha value is -0.200. The highest BCUT2D eigenvalue weighted by molar-refractivity contribution is 4.92. The first-order valence-corrected chi connectivity index (χ1v) is 3.96. The number of hydrogen-bond acceptors (Lipinski definition) is 5. The molecule has 1 rings (SSSR count). The molecule has 1 saturated heterocycles. The van der Waals surface area contributed by atoms with Crippen LogP contribution in [0.3, 0.4) is 0 Å². The Bertz CT molecular complexity index is 150. The van der Waals surface area contributed by atoms with Crippen LogP contribution in [0, 0.1) is 0 Å². The van der Waals surface area contributed by atoms with Crippen LogP contribution in [0.1, 0.15) is 6.92 Å². The predicted octanol–water partition coefficient (Wildman–Crippen LogP) is -2.18. The van der Waals surface area contributed by atoms with Crippen molar-refractivity contribution in [3.63, 3.8) is 0 Å². The molecule has 5 atom stereocenters. The van der Waals surface area contributed by atoms with Gasteiger partial charge in [-0.3, -0.25) is 0 Å². The summed E-state index contributed by atoms with van der Waals surface area (Å²) in [7, 11) is 0. The fraction of sp³-hybridized carbons (Fsp3) is 1.00. The predicted molar refractivity (Wildman–Crippen MR) is 41.4 cm³/mol. The average Bonchev–Trinajstić information content (AvgIpc) is 2.08. The van der Waals surface area contributed by atoms with E-state index in [4.69, 9.17) is 15.6 Å². The quantitative estimate of drug-likeness (QED) is 0.365. The molecule has 1 aliphatic rings. The van der Waals surface area contributed by atoms with Crippen LogP contribution in [0.15, 0.2) is 0 Å². The van der Waals surface area contributed by atoms with Gasteiger partial charge in [0, 0.05) is 0 Å². The Labute approximate surface area is 70.8 Å². The lowest BCUT2D eigenvalue weighted by molar-refractivity contribution is -0.182. The largest absolute Gasteiger partial charge is 0.394 e. The summed E-state index contributed by atoms with van der Waals surface area (Å²) in [4.78, 5) is 0. The molecule has 72 valence electrons. The molecular formula is C7H15NO4. The minimum atomic E-state index is -0.999. The Morgan fingerprint density at radius 1 is 1.33 bits per heavy atom. The molecule has 0 aromatic carbocycles. The second kappa shape index (κ2) is 3.68. The van der Waals surface area contributed by atoms with E-state index in [1.54, 1.807) is 6.92 Å². The monoisotopic (exact) mass is 177 g/mol. The van der Waals surface area contributed by atoms with Gasteiger partial charge in [-0.25, -0.2) is 0 Å². The van der Waals surface area contributed by atoms with E-state index in [-0.39, 0.29) is 6.61 Å². The zero-order valence-electron chi connectivity index (χ0n) is 6.92. The summed E-state index contributed by atoms with van der Waals surface area (Å²) in [6, 6.07) is -0.745. The third kappa shape index (κ3) is 1.60. The first-order chi connectivity index (χ1) is 5.57.